The predicted molar refractivity (Wildman–Crippen MR) is 95.1 cm³/mol. The number of hydrogen-bond donors (Lipinski definition) is 2. The summed E-state index contributed by atoms with van der Waals surface area (Å²) in [5, 5.41) is 3.93. The van der Waals surface area contributed by atoms with Gasteiger partial charge >= 0.3 is 0 Å². The third kappa shape index (κ3) is 5.20. The lowest BCUT2D eigenvalue weighted by Crippen LogP contribution is -2.20. The van der Waals surface area contributed by atoms with E-state index < -0.39 is 5.91 Å². The van der Waals surface area contributed by atoms with Crippen LogP contribution in [-0.4, -0.2) is 24.6 Å². The van der Waals surface area contributed by atoms with Crippen molar-refractivity contribution in [2.45, 2.75) is 6.92 Å². The van der Waals surface area contributed by atoms with E-state index in [2.05, 4.69) is 26.5 Å². The van der Waals surface area contributed by atoms with Gasteiger partial charge in [0.1, 0.15) is 5.75 Å². The molecule has 2 amide bonds. The van der Waals surface area contributed by atoms with Gasteiger partial charge in [0.2, 0.25) is 0 Å². The Kier molecular flexibility index (Phi) is 6.08. The Morgan fingerprint density at radius 1 is 1.25 bits per heavy atom. The molecule has 0 saturated heterocycles. The van der Waals surface area contributed by atoms with Gasteiger partial charge in [0, 0.05) is 15.6 Å². The molecule has 6 nitrogen and oxygen atoms in total. The summed E-state index contributed by atoms with van der Waals surface area (Å²) in [5.41, 5.74) is 9.69. The van der Waals surface area contributed by atoms with Gasteiger partial charge in [0.05, 0.1) is 6.21 Å². The van der Waals surface area contributed by atoms with Gasteiger partial charge in [-0.05, 0) is 37.3 Å². The predicted octanol–water partition coefficient (Wildman–Crippen LogP) is 2.39. The number of nitrogens with one attached hydrogen (secondary N) is 1. The second-order valence-corrected chi connectivity index (χ2v) is 5.92. The zero-order valence-electron chi connectivity index (χ0n) is 13.0. The van der Waals surface area contributed by atoms with Crippen LogP contribution in [0.15, 0.2) is 52.0 Å². The molecule has 0 radical (unpaired) electrons. The number of rotatable bonds is 6. The van der Waals surface area contributed by atoms with Gasteiger partial charge in [-0.15, -0.1) is 0 Å². The smallest absolute Gasteiger partial charge is 0.271 e. The number of amides is 2. The Bertz CT molecular complexity index is 773. The first-order valence-electron chi connectivity index (χ1n) is 7.06. The van der Waals surface area contributed by atoms with Crippen LogP contribution in [-0.2, 0) is 4.79 Å². The number of ether oxygens (including phenoxy) is 1. The number of carbonyl (C=O) groups excluding carboxylic acids is 2. The standard InChI is InChI=1S/C17H16BrN3O3/c1-11-2-4-12(5-3-11)17(23)21-20-9-13-8-14(18)6-7-15(13)24-10-16(19)22/h2-9H,10H2,1H3,(H2,19,22)(H,21,23)/b20-9+. The van der Waals surface area contributed by atoms with Crippen LogP contribution >= 0.6 is 15.9 Å². The SMILES string of the molecule is Cc1ccc(C(=O)N/N=C/c2cc(Br)ccc2OCC(N)=O)cc1. The zero-order valence-corrected chi connectivity index (χ0v) is 14.5. The minimum atomic E-state index is -0.575. The second-order valence-electron chi connectivity index (χ2n) is 5.00. The molecule has 124 valence electrons. The maximum Gasteiger partial charge on any atom is 0.271 e. The maximum atomic E-state index is 12.0. The van der Waals surface area contributed by atoms with Crippen molar-refractivity contribution in [3.63, 3.8) is 0 Å². The highest BCUT2D eigenvalue weighted by molar-refractivity contribution is 9.10. The van der Waals surface area contributed by atoms with E-state index in [9.17, 15) is 9.59 Å². The number of nitrogens with two attached hydrogens (primary N) is 1. The molecule has 0 unspecified atom stereocenters. The Morgan fingerprint density at radius 3 is 2.62 bits per heavy atom. The van der Waals surface area contributed by atoms with Crippen LogP contribution in [0.4, 0.5) is 0 Å². The highest BCUT2D eigenvalue weighted by Crippen LogP contribution is 2.21. The molecule has 0 aliphatic heterocycles. The van der Waals surface area contributed by atoms with Crippen molar-refractivity contribution < 1.29 is 14.3 Å². The van der Waals surface area contributed by atoms with Crippen molar-refractivity contribution in [1.29, 1.82) is 0 Å². The van der Waals surface area contributed by atoms with Crippen molar-refractivity contribution in [1.82, 2.24) is 5.43 Å². The fourth-order valence-electron chi connectivity index (χ4n) is 1.83. The first kappa shape index (κ1) is 17.7. The average molecular weight is 390 g/mol. The number of hydrazone groups is 1. The Morgan fingerprint density at radius 2 is 1.96 bits per heavy atom. The molecular weight excluding hydrogens is 374 g/mol. The highest BCUT2D eigenvalue weighted by atomic mass is 79.9. The molecule has 0 heterocycles. The summed E-state index contributed by atoms with van der Waals surface area (Å²) in [5.74, 6) is -0.459. The lowest BCUT2D eigenvalue weighted by molar-refractivity contribution is -0.119. The fraction of sp³-hybridized carbons (Fsp3) is 0.118. The minimum absolute atomic E-state index is 0.238. The molecule has 7 heteroatoms. The first-order valence-corrected chi connectivity index (χ1v) is 7.86. The minimum Gasteiger partial charge on any atom is -0.483 e. The second kappa shape index (κ2) is 8.26. The van der Waals surface area contributed by atoms with Gasteiger partial charge in [-0.1, -0.05) is 33.6 Å². The number of primary amides is 1. The summed E-state index contributed by atoms with van der Waals surface area (Å²) in [6.07, 6.45) is 1.44. The monoisotopic (exact) mass is 389 g/mol. The molecular formula is C17H16BrN3O3. The number of halogens is 1. The van der Waals surface area contributed by atoms with E-state index >= 15 is 0 Å². The van der Waals surface area contributed by atoms with Crippen molar-refractivity contribution in [2.75, 3.05) is 6.61 Å². The van der Waals surface area contributed by atoms with Crippen LogP contribution in [0.2, 0.25) is 0 Å². The molecule has 2 aromatic carbocycles. The Hall–Kier alpha value is -2.67. The summed E-state index contributed by atoms with van der Waals surface area (Å²) >= 11 is 3.34. The van der Waals surface area contributed by atoms with E-state index in [0.717, 1.165) is 10.0 Å². The largest absolute Gasteiger partial charge is 0.483 e. The molecule has 24 heavy (non-hydrogen) atoms. The normalized spacial score (nSPS) is 10.6. The molecule has 0 spiro atoms. The van der Waals surface area contributed by atoms with E-state index in [1.54, 1.807) is 30.3 Å². The average Bonchev–Trinajstić information content (AvgIpc) is 2.54. The summed E-state index contributed by atoms with van der Waals surface area (Å²) in [7, 11) is 0. The Labute approximate surface area is 147 Å². The zero-order chi connectivity index (χ0) is 17.5. The van der Waals surface area contributed by atoms with Crippen LogP contribution in [0.3, 0.4) is 0 Å². The quantitative estimate of drug-likeness (QED) is 0.586. The molecule has 2 rings (SSSR count). The van der Waals surface area contributed by atoms with E-state index in [4.69, 9.17) is 10.5 Å². The fourth-order valence-corrected chi connectivity index (χ4v) is 2.21. The molecule has 3 N–H and O–H groups in total. The molecule has 0 fully saturated rings. The molecule has 0 bridgehead atoms. The van der Waals surface area contributed by atoms with Crippen molar-refractivity contribution >= 4 is 34.0 Å². The van der Waals surface area contributed by atoms with Gasteiger partial charge in [0.15, 0.2) is 6.61 Å². The van der Waals surface area contributed by atoms with Crippen LogP contribution in [0.5, 0.6) is 5.75 Å². The first-order chi connectivity index (χ1) is 11.5. The molecule has 0 saturated carbocycles. The van der Waals surface area contributed by atoms with Gasteiger partial charge in [-0.2, -0.15) is 5.10 Å². The Balaban J connectivity index is 2.07. The van der Waals surface area contributed by atoms with Gasteiger partial charge in [-0.25, -0.2) is 5.43 Å². The molecule has 0 atom stereocenters. The molecule has 0 aromatic heterocycles. The lowest BCUT2D eigenvalue weighted by atomic mass is 10.1. The van der Waals surface area contributed by atoms with Crippen LogP contribution < -0.4 is 15.9 Å². The topological polar surface area (TPSA) is 93.8 Å². The number of nitrogens with zero attached hydrogens (tertiary/aromatic N) is 1. The molecule has 2 aromatic rings. The summed E-state index contributed by atoms with van der Waals surface area (Å²) in [4.78, 5) is 22.8. The maximum absolute atomic E-state index is 12.0. The third-order valence-electron chi connectivity index (χ3n) is 3.03. The van der Waals surface area contributed by atoms with E-state index in [1.165, 1.54) is 6.21 Å². The van der Waals surface area contributed by atoms with E-state index in [-0.39, 0.29) is 12.5 Å². The van der Waals surface area contributed by atoms with Gasteiger partial charge in [-0.3, -0.25) is 9.59 Å². The van der Waals surface area contributed by atoms with Crippen LogP contribution in [0, 0.1) is 6.92 Å². The van der Waals surface area contributed by atoms with Gasteiger partial charge in [0.25, 0.3) is 11.8 Å². The van der Waals surface area contributed by atoms with Crippen molar-refractivity contribution in [3.8, 4) is 5.75 Å². The summed E-state index contributed by atoms with van der Waals surface area (Å²) < 4.78 is 6.12. The van der Waals surface area contributed by atoms with E-state index in [1.807, 2.05) is 19.1 Å². The van der Waals surface area contributed by atoms with Crippen molar-refractivity contribution in [2.24, 2.45) is 10.8 Å². The highest BCUT2D eigenvalue weighted by Gasteiger charge is 2.06. The number of carbonyl (C=O) groups is 2. The summed E-state index contributed by atoms with van der Waals surface area (Å²) in [6, 6.07) is 12.3. The van der Waals surface area contributed by atoms with Crippen LogP contribution in [0.1, 0.15) is 21.5 Å². The molecule has 0 aliphatic carbocycles. The van der Waals surface area contributed by atoms with Gasteiger partial charge < -0.3 is 10.5 Å². The van der Waals surface area contributed by atoms with Crippen molar-refractivity contribution in [3.05, 3.63) is 63.6 Å². The summed E-state index contributed by atoms with van der Waals surface area (Å²) in [6.45, 7) is 1.71. The lowest BCUT2D eigenvalue weighted by Gasteiger charge is -2.07. The molecule has 0 aliphatic rings. The van der Waals surface area contributed by atoms with Crippen LogP contribution in [0.25, 0.3) is 0 Å². The third-order valence-corrected chi connectivity index (χ3v) is 3.52. The number of benzene rings is 2. The number of aryl methyl sites for hydroxylation is 1. The number of hydrogen-bond acceptors (Lipinski definition) is 4. The van der Waals surface area contributed by atoms with E-state index in [0.29, 0.717) is 16.9 Å².